The second-order valence-corrected chi connectivity index (χ2v) is 6.45. The highest BCUT2D eigenvalue weighted by Crippen LogP contribution is 2.26. The number of anilines is 1. The molecule has 0 unspecified atom stereocenters. The van der Waals surface area contributed by atoms with E-state index in [1.807, 2.05) is 48.5 Å². The summed E-state index contributed by atoms with van der Waals surface area (Å²) in [4.78, 5) is 23.4. The second kappa shape index (κ2) is 7.50. The zero-order chi connectivity index (χ0) is 18.6. The molecule has 0 spiro atoms. The van der Waals surface area contributed by atoms with E-state index in [2.05, 4.69) is 5.32 Å². The van der Waals surface area contributed by atoms with Crippen molar-refractivity contribution in [2.45, 2.75) is 19.4 Å². The van der Waals surface area contributed by atoms with E-state index >= 15 is 0 Å². The van der Waals surface area contributed by atoms with Crippen LogP contribution in [-0.4, -0.2) is 18.5 Å². The molecule has 1 aliphatic rings. The molecule has 1 aliphatic heterocycles. The summed E-state index contributed by atoms with van der Waals surface area (Å²) in [6.45, 7) is 0.0513. The lowest BCUT2D eigenvalue weighted by molar-refractivity contribution is -0.147. The Bertz CT molecular complexity index is 1010. The molecule has 0 fully saturated rings. The Morgan fingerprint density at radius 3 is 2.78 bits per heavy atom. The molecule has 0 saturated heterocycles. The molecule has 136 valence electrons. The summed E-state index contributed by atoms with van der Waals surface area (Å²) in [6.07, 6.45) is 1.13. The van der Waals surface area contributed by atoms with Crippen molar-refractivity contribution in [3.05, 3.63) is 71.8 Å². The third-order valence-corrected chi connectivity index (χ3v) is 4.60. The number of carbonyl (C=O) groups is 2. The number of ether oxygens (including phenoxy) is 2. The fourth-order valence-corrected chi connectivity index (χ4v) is 3.21. The van der Waals surface area contributed by atoms with Crippen LogP contribution in [0.5, 0.6) is 5.75 Å². The van der Waals surface area contributed by atoms with Gasteiger partial charge in [0.1, 0.15) is 12.4 Å². The van der Waals surface area contributed by atoms with Gasteiger partial charge < -0.3 is 14.8 Å². The van der Waals surface area contributed by atoms with Gasteiger partial charge in [-0.3, -0.25) is 4.79 Å². The molecule has 0 aliphatic carbocycles. The first-order valence-corrected chi connectivity index (χ1v) is 8.87. The number of fused-ring (bicyclic) bond motifs is 2. The van der Waals surface area contributed by atoms with E-state index in [9.17, 15) is 9.59 Å². The summed E-state index contributed by atoms with van der Waals surface area (Å²) in [5.74, 6) is 0.189. The highest BCUT2D eigenvalue weighted by atomic mass is 16.6. The number of benzene rings is 3. The van der Waals surface area contributed by atoms with Gasteiger partial charge in [0.05, 0.1) is 0 Å². The second-order valence-electron chi connectivity index (χ2n) is 6.45. The van der Waals surface area contributed by atoms with Gasteiger partial charge in [0, 0.05) is 12.1 Å². The van der Waals surface area contributed by atoms with E-state index in [-0.39, 0.29) is 19.1 Å². The van der Waals surface area contributed by atoms with E-state index in [1.54, 1.807) is 12.1 Å². The molecule has 3 aromatic rings. The van der Waals surface area contributed by atoms with Crippen molar-refractivity contribution in [3.63, 3.8) is 0 Å². The lowest BCUT2D eigenvalue weighted by Crippen LogP contribution is -2.19. The summed E-state index contributed by atoms with van der Waals surface area (Å²) in [5, 5.41) is 5.01. The molecule has 0 atom stereocenters. The zero-order valence-corrected chi connectivity index (χ0v) is 14.7. The van der Waals surface area contributed by atoms with Crippen LogP contribution in [0.25, 0.3) is 10.8 Å². The maximum Gasteiger partial charge on any atom is 0.344 e. The van der Waals surface area contributed by atoms with Gasteiger partial charge in [-0.05, 0) is 46.5 Å². The number of hydrogen-bond donors (Lipinski definition) is 1. The molecule has 1 N–H and O–H groups in total. The van der Waals surface area contributed by atoms with E-state index in [4.69, 9.17) is 9.47 Å². The van der Waals surface area contributed by atoms with Gasteiger partial charge in [0.15, 0.2) is 6.61 Å². The topological polar surface area (TPSA) is 64.6 Å². The van der Waals surface area contributed by atoms with Gasteiger partial charge in [0.25, 0.3) is 0 Å². The lowest BCUT2D eigenvalue weighted by atomic mass is 10.0. The van der Waals surface area contributed by atoms with E-state index in [0.717, 1.165) is 27.6 Å². The van der Waals surface area contributed by atoms with Crippen LogP contribution in [0.1, 0.15) is 17.5 Å². The highest BCUT2D eigenvalue weighted by Gasteiger charge is 2.15. The van der Waals surface area contributed by atoms with Crippen LogP contribution >= 0.6 is 0 Å². The van der Waals surface area contributed by atoms with Crippen LogP contribution in [0, 0.1) is 0 Å². The summed E-state index contributed by atoms with van der Waals surface area (Å²) in [5.41, 5.74) is 2.78. The predicted octanol–water partition coefficient (Wildman–Crippen LogP) is 3.85. The molecule has 0 saturated carbocycles. The minimum absolute atomic E-state index is 0.0215. The van der Waals surface area contributed by atoms with Crippen molar-refractivity contribution in [2.75, 3.05) is 11.9 Å². The number of hydrogen-bond acceptors (Lipinski definition) is 4. The summed E-state index contributed by atoms with van der Waals surface area (Å²) in [6, 6.07) is 19.3. The van der Waals surface area contributed by atoms with Gasteiger partial charge in [-0.25, -0.2) is 4.79 Å². The van der Waals surface area contributed by atoms with Crippen molar-refractivity contribution in [3.8, 4) is 5.75 Å². The van der Waals surface area contributed by atoms with E-state index in [0.29, 0.717) is 18.6 Å². The quantitative estimate of drug-likeness (QED) is 0.701. The van der Waals surface area contributed by atoms with Crippen LogP contribution in [-0.2, 0) is 27.4 Å². The Kier molecular flexibility index (Phi) is 4.75. The number of amides is 1. The fourth-order valence-electron chi connectivity index (χ4n) is 3.21. The third kappa shape index (κ3) is 3.92. The molecule has 1 amide bonds. The van der Waals surface area contributed by atoms with Crippen LogP contribution in [0.2, 0.25) is 0 Å². The van der Waals surface area contributed by atoms with Crippen molar-refractivity contribution in [1.29, 1.82) is 0 Å². The molecular weight excluding hydrogens is 342 g/mol. The van der Waals surface area contributed by atoms with Crippen molar-refractivity contribution >= 4 is 28.3 Å². The number of nitrogens with one attached hydrogen (secondary N) is 1. The van der Waals surface area contributed by atoms with E-state index in [1.165, 1.54) is 0 Å². The predicted molar refractivity (Wildman–Crippen MR) is 103 cm³/mol. The largest absolute Gasteiger partial charge is 0.482 e. The molecular formula is C22H19NO4. The van der Waals surface area contributed by atoms with Crippen LogP contribution < -0.4 is 10.1 Å². The Morgan fingerprint density at radius 1 is 1.00 bits per heavy atom. The van der Waals surface area contributed by atoms with Crippen LogP contribution in [0.15, 0.2) is 60.7 Å². The first kappa shape index (κ1) is 17.1. The lowest BCUT2D eigenvalue weighted by Gasteiger charge is -2.17. The minimum atomic E-state index is -0.422. The summed E-state index contributed by atoms with van der Waals surface area (Å²) >= 11 is 0. The van der Waals surface area contributed by atoms with Crippen molar-refractivity contribution in [2.24, 2.45) is 0 Å². The van der Waals surface area contributed by atoms with Gasteiger partial charge in [-0.15, -0.1) is 0 Å². The Hall–Kier alpha value is -3.34. The molecule has 0 bridgehead atoms. The summed E-state index contributed by atoms with van der Waals surface area (Å²) in [7, 11) is 0. The number of aryl methyl sites for hydroxylation is 1. The highest BCUT2D eigenvalue weighted by molar-refractivity contribution is 5.94. The molecule has 0 radical (unpaired) electrons. The normalized spacial score (nSPS) is 13.0. The van der Waals surface area contributed by atoms with Gasteiger partial charge in [-0.1, -0.05) is 42.5 Å². The van der Waals surface area contributed by atoms with Gasteiger partial charge in [-0.2, -0.15) is 0 Å². The SMILES string of the molecule is O=C1CCc2cc(OCC(=O)OCc3cccc4ccccc34)ccc2N1. The van der Waals surface area contributed by atoms with Crippen molar-refractivity contribution in [1.82, 2.24) is 0 Å². The van der Waals surface area contributed by atoms with Gasteiger partial charge in [0.2, 0.25) is 5.91 Å². The average Bonchev–Trinajstić information content (AvgIpc) is 2.70. The first-order valence-electron chi connectivity index (χ1n) is 8.87. The third-order valence-electron chi connectivity index (χ3n) is 4.60. The zero-order valence-electron chi connectivity index (χ0n) is 14.7. The number of carbonyl (C=O) groups excluding carboxylic acids is 2. The van der Waals surface area contributed by atoms with E-state index < -0.39 is 5.97 Å². The first-order chi connectivity index (χ1) is 13.2. The smallest absolute Gasteiger partial charge is 0.344 e. The van der Waals surface area contributed by atoms with Crippen LogP contribution in [0.3, 0.4) is 0 Å². The minimum Gasteiger partial charge on any atom is -0.482 e. The fraction of sp³-hybridized carbons (Fsp3) is 0.182. The Morgan fingerprint density at radius 2 is 1.85 bits per heavy atom. The molecule has 27 heavy (non-hydrogen) atoms. The number of rotatable bonds is 5. The summed E-state index contributed by atoms with van der Waals surface area (Å²) < 4.78 is 10.9. The van der Waals surface area contributed by atoms with Crippen molar-refractivity contribution < 1.29 is 19.1 Å². The standard InChI is InChI=1S/C22H19NO4/c24-21-11-8-16-12-18(9-10-20(16)23-21)26-14-22(25)27-13-17-6-3-5-15-4-1-2-7-19(15)17/h1-7,9-10,12H,8,11,13-14H2,(H,23,24). The van der Waals surface area contributed by atoms with Gasteiger partial charge >= 0.3 is 5.97 Å². The number of esters is 1. The Labute approximate surface area is 156 Å². The molecule has 0 aromatic heterocycles. The average molecular weight is 361 g/mol. The maximum atomic E-state index is 12.1. The molecule has 5 nitrogen and oxygen atoms in total. The molecule has 4 rings (SSSR count). The molecule has 3 aromatic carbocycles. The maximum absolute atomic E-state index is 12.1. The molecule has 1 heterocycles. The molecule has 5 heteroatoms. The van der Waals surface area contributed by atoms with Crippen LogP contribution in [0.4, 0.5) is 5.69 Å². The Balaban J connectivity index is 1.34. The monoisotopic (exact) mass is 361 g/mol.